The molecule has 0 saturated carbocycles. The van der Waals surface area contributed by atoms with E-state index < -0.39 is 0 Å². The number of thiocarbonyl (C=S) groups is 1. The van der Waals surface area contributed by atoms with Crippen molar-refractivity contribution < 1.29 is 0 Å². The average Bonchev–Trinajstić information content (AvgIpc) is 2.28. The summed E-state index contributed by atoms with van der Waals surface area (Å²) in [5.74, 6) is 0. The van der Waals surface area contributed by atoms with Crippen LogP contribution in [0.25, 0.3) is 0 Å². The molecule has 0 amide bonds. The van der Waals surface area contributed by atoms with Gasteiger partial charge in [0.25, 0.3) is 0 Å². The molecule has 0 aliphatic carbocycles. The molecule has 0 fully saturated rings. The summed E-state index contributed by atoms with van der Waals surface area (Å²) < 4.78 is 1.11. The minimum Gasteiger partial charge on any atom is -0.363 e. The third-order valence-electron chi connectivity index (χ3n) is 2.21. The zero-order chi connectivity index (χ0) is 11.8. The average molecular weight is 301 g/mol. The van der Waals surface area contributed by atoms with Crippen LogP contribution in [0.1, 0.15) is 25.3 Å². The van der Waals surface area contributed by atoms with E-state index in [1.807, 2.05) is 18.2 Å². The van der Waals surface area contributed by atoms with Gasteiger partial charge in [-0.15, -0.1) is 0 Å². The van der Waals surface area contributed by atoms with Crippen molar-refractivity contribution in [3.63, 3.8) is 0 Å². The number of nitrogens with one attached hydrogen (secondary N) is 2. The fourth-order valence-corrected chi connectivity index (χ4v) is 1.86. The van der Waals surface area contributed by atoms with E-state index in [-0.39, 0.29) is 0 Å². The molecule has 0 aliphatic heterocycles. The molecule has 0 aromatic heterocycles. The molecular weight excluding hydrogens is 284 g/mol. The first-order valence-corrected chi connectivity index (χ1v) is 6.69. The molecule has 0 bridgehead atoms. The van der Waals surface area contributed by atoms with Crippen molar-refractivity contribution in [1.29, 1.82) is 0 Å². The van der Waals surface area contributed by atoms with Gasteiger partial charge in [-0.05, 0) is 30.3 Å². The van der Waals surface area contributed by atoms with Crippen molar-refractivity contribution in [2.75, 3.05) is 6.54 Å². The lowest BCUT2D eigenvalue weighted by atomic mass is 10.2. The molecule has 2 nitrogen and oxygen atoms in total. The van der Waals surface area contributed by atoms with Crippen molar-refractivity contribution in [2.45, 2.75) is 26.3 Å². The summed E-state index contributed by atoms with van der Waals surface area (Å²) >= 11 is 8.68. The molecule has 0 unspecified atom stereocenters. The minimum absolute atomic E-state index is 0.726. The summed E-state index contributed by atoms with van der Waals surface area (Å²) in [6, 6.07) is 8.14. The summed E-state index contributed by atoms with van der Waals surface area (Å²) in [6.07, 6.45) is 2.33. The fraction of sp³-hybridized carbons (Fsp3) is 0.417. The van der Waals surface area contributed by atoms with E-state index in [1.54, 1.807) is 0 Å². The van der Waals surface area contributed by atoms with Crippen molar-refractivity contribution >= 4 is 33.3 Å². The smallest absolute Gasteiger partial charge is 0.166 e. The Hall–Kier alpha value is -0.610. The molecule has 1 aromatic rings. The standard InChI is InChI=1S/C12H17BrN2S/c1-2-3-8-14-12(16)15-9-10-6-4-5-7-11(10)13/h4-7H,2-3,8-9H2,1H3,(H2,14,15,16). The van der Waals surface area contributed by atoms with E-state index in [1.165, 1.54) is 12.0 Å². The van der Waals surface area contributed by atoms with Gasteiger partial charge in [0, 0.05) is 17.6 Å². The van der Waals surface area contributed by atoms with Crippen LogP contribution in [0.15, 0.2) is 28.7 Å². The van der Waals surface area contributed by atoms with Gasteiger partial charge in [0.1, 0.15) is 0 Å². The lowest BCUT2D eigenvalue weighted by molar-refractivity contribution is 0.738. The first-order chi connectivity index (χ1) is 7.74. The zero-order valence-electron chi connectivity index (χ0n) is 9.42. The van der Waals surface area contributed by atoms with Gasteiger partial charge in [0.05, 0.1) is 0 Å². The number of rotatable bonds is 5. The Morgan fingerprint density at radius 3 is 2.75 bits per heavy atom. The Morgan fingerprint density at radius 2 is 2.06 bits per heavy atom. The van der Waals surface area contributed by atoms with E-state index in [9.17, 15) is 0 Å². The number of benzene rings is 1. The molecule has 88 valence electrons. The maximum absolute atomic E-state index is 5.17. The largest absolute Gasteiger partial charge is 0.363 e. The van der Waals surface area contributed by atoms with Crippen LogP contribution < -0.4 is 10.6 Å². The predicted octanol–water partition coefficient (Wildman–Crippen LogP) is 3.21. The highest BCUT2D eigenvalue weighted by atomic mass is 79.9. The lowest BCUT2D eigenvalue weighted by Crippen LogP contribution is -2.35. The zero-order valence-corrected chi connectivity index (χ0v) is 11.8. The SMILES string of the molecule is CCCCNC(=S)NCc1ccccc1Br. The van der Waals surface area contributed by atoms with E-state index in [0.717, 1.165) is 29.1 Å². The first-order valence-electron chi connectivity index (χ1n) is 5.49. The predicted molar refractivity (Wildman–Crippen MR) is 76.5 cm³/mol. The minimum atomic E-state index is 0.726. The van der Waals surface area contributed by atoms with Gasteiger partial charge in [0.15, 0.2) is 5.11 Å². The molecule has 1 aromatic carbocycles. The third kappa shape index (κ3) is 4.94. The Balaban J connectivity index is 2.29. The molecular formula is C12H17BrN2S. The summed E-state index contributed by atoms with van der Waals surface area (Å²) in [7, 11) is 0. The molecule has 0 spiro atoms. The van der Waals surface area contributed by atoms with E-state index in [2.05, 4.69) is 39.6 Å². The maximum Gasteiger partial charge on any atom is 0.166 e. The van der Waals surface area contributed by atoms with Crippen LogP contribution in [-0.2, 0) is 6.54 Å². The molecule has 0 saturated heterocycles. The number of hydrogen-bond donors (Lipinski definition) is 2. The van der Waals surface area contributed by atoms with Gasteiger partial charge >= 0.3 is 0 Å². The van der Waals surface area contributed by atoms with Crippen molar-refractivity contribution in [2.24, 2.45) is 0 Å². The Morgan fingerprint density at radius 1 is 1.31 bits per heavy atom. The van der Waals surface area contributed by atoms with E-state index in [4.69, 9.17) is 12.2 Å². The quantitative estimate of drug-likeness (QED) is 0.645. The van der Waals surface area contributed by atoms with Crippen LogP contribution in [0, 0.1) is 0 Å². The van der Waals surface area contributed by atoms with Gasteiger partial charge in [-0.3, -0.25) is 0 Å². The lowest BCUT2D eigenvalue weighted by Gasteiger charge is -2.10. The van der Waals surface area contributed by atoms with Crippen molar-refractivity contribution in [3.8, 4) is 0 Å². The van der Waals surface area contributed by atoms with Crippen LogP contribution in [0.5, 0.6) is 0 Å². The van der Waals surface area contributed by atoms with Gasteiger partial charge in [0.2, 0.25) is 0 Å². The summed E-state index contributed by atoms with van der Waals surface area (Å²) in [4.78, 5) is 0. The highest BCUT2D eigenvalue weighted by Gasteiger charge is 1.99. The number of unbranched alkanes of at least 4 members (excludes halogenated alkanes) is 1. The van der Waals surface area contributed by atoms with Gasteiger partial charge in [-0.1, -0.05) is 47.5 Å². The van der Waals surface area contributed by atoms with Gasteiger partial charge < -0.3 is 10.6 Å². The highest BCUT2D eigenvalue weighted by molar-refractivity contribution is 9.10. The van der Waals surface area contributed by atoms with Crippen LogP contribution in [0.2, 0.25) is 0 Å². The van der Waals surface area contributed by atoms with E-state index in [0.29, 0.717) is 0 Å². The Labute approximate surface area is 111 Å². The van der Waals surface area contributed by atoms with Crippen molar-refractivity contribution in [1.82, 2.24) is 10.6 Å². The molecule has 0 aliphatic rings. The molecule has 2 N–H and O–H groups in total. The van der Waals surface area contributed by atoms with E-state index >= 15 is 0 Å². The van der Waals surface area contributed by atoms with Crippen LogP contribution >= 0.6 is 28.1 Å². The summed E-state index contributed by atoms with van der Waals surface area (Å²) in [6.45, 7) is 3.86. The maximum atomic E-state index is 5.17. The normalized spacial score (nSPS) is 9.88. The van der Waals surface area contributed by atoms with Crippen LogP contribution in [-0.4, -0.2) is 11.7 Å². The summed E-state index contributed by atoms with van der Waals surface area (Å²) in [5, 5.41) is 7.09. The molecule has 4 heteroatoms. The Bertz CT molecular complexity index is 342. The van der Waals surface area contributed by atoms with Gasteiger partial charge in [-0.25, -0.2) is 0 Å². The number of hydrogen-bond acceptors (Lipinski definition) is 1. The molecule has 1 rings (SSSR count). The van der Waals surface area contributed by atoms with Crippen LogP contribution in [0.4, 0.5) is 0 Å². The van der Waals surface area contributed by atoms with Crippen LogP contribution in [0.3, 0.4) is 0 Å². The molecule has 16 heavy (non-hydrogen) atoms. The third-order valence-corrected chi connectivity index (χ3v) is 3.28. The number of halogens is 1. The van der Waals surface area contributed by atoms with Crippen molar-refractivity contribution in [3.05, 3.63) is 34.3 Å². The topological polar surface area (TPSA) is 24.1 Å². The Kier molecular flexibility index (Phi) is 6.42. The second-order valence-corrected chi connectivity index (χ2v) is 4.82. The summed E-state index contributed by atoms with van der Waals surface area (Å²) in [5.41, 5.74) is 1.21. The molecule has 0 heterocycles. The second kappa shape index (κ2) is 7.63. The second-order valence-electron chi connectivity index (χ2n) is 3.55. The monoisotopic (exact) mass is 300 g/mol. The van der Waals surface area contributed by atoms with Gasteiger partial charge in [-0.2, -0.15) is 0 Å². The molecule has 0 atom stereocenters. The first kappa shape index (κ1) is 13.5. The fourth-order valence-electron chi connectivity index (χ4n) is 1.26. The highest BCUT2D eigenvalue weighted by Crippen LogP contribution is 2.15. The molecule has 0 radical (unpaired) electrons.